The first kappa shape index (κ1) is 19.5. The predicted molar refractivity (Wildman–Crippen MR) is 112 cm³/mol. The number of anilines is 1. The van der Waals surface area contributed by atoms with Crippen molar-refractivity contribution >= 4 is 23.4 Å². The van der Waals surface area contributed by atoms with Crippen LogP contribution in [-0.4, -0.2) is 42.1 Å². The van der Waals surface area contributed by atoms with Gasteiger partial charge in [-0.15, -0.1) is 11.8 Å². The molecular formula is C22H22FN3O2S. The zero-order valence-electron chi connectivity index (χ0n) is 16.2. The first-order chi connectivity index (χ1) is 14.1. The Morgan fingerprint density at radius 1 is 1.10 bits per heavy atom. The maximum Gasteiger partial charge on any atom is 0.255 e. The number of benzene rings is 2. The number of nitrogens with zero attached hydrogens (tertiary/aromatic N) is 3. The van der Waals surface area contributed by atoms with Crippen molar-refractivity contribution in [3.05, 3.63) is 77.4 Å². The van der Waals surface area contributed by atoms with E-state index in [1.807, 2.05) is 53.1 Å². The summed E-state index contributed by atoms with van der Waals surface area (Å²) >= 11 is 1.56. The quantitative estimate of drug-likeness (QED) is 0.584. The van der Waals surface area contributed by atoms with Gasteiger partial charge in [0, 0.05) is 37.1 Å². The Bertz CT molecular complexity index is 999. The van der Waals surface area contributed by atoms with Gasteiger partial charge in [0.15, 0.2) is 0 Å². The summed E-state index contributed by atoms with van der Waals surface area (Å²) in [5, 5.41) is 3.90. The molecule has 2 aromatic carbocycles. The van der Waals surface area contributed by atoms with Crippen LogP contribution < -0.4 is 4.90 Å². The Hall–Kier alpha value is -2.80. The molecule has 1 aromatic heterocycles. The Kier molecular flexibility index (Phi) is 5.85. The molecule has 1 fully saturated rings. The van der Waals surface area contributed by atoms with Gasteiger partial charge in [0.2, 0.25) is 0 Å². The van der Waals surface area contributed by atoms with Gasteiger partial charge >= 0.3 is 0 Å². The molecule has 1 aliphatic heterocycles. The third kappa shape index (κ3) is 4.45. The second kappa shape index (κ2) is 8.69. The lowest BCUT2D eigenvalue weighted by molar-refractivity contribution is 0.0743. The minimum atomic E-state index is -0.225. The number of thioether (sulfide) groups is 1. The minimum Gasteiger partial charge on any atom is -0.366 e. The van der Waals surface area contributed by atoms with Crippen molar-refractivity contribution in [1.29, 1.82) is 0 Å². The zero-order valence-corrected chi connectivity index (χ0v) is 17.0. The van der Waals surface area contributed by atoms with E-state index in [2.05, 4.69) is 5.16 Å². The molecule has 150 valence electrons. The summed E-state index contributed by atoms with van der Waals surface area (Å²) in [5.74, 6) is 1.19. The molecule has 0 bridgehead atoms. The standard InChI is InChI=1S/C22H22FN3O2S/c1-16-14-17(28-24-16)15-29-21-9-5-2-6-18(21)22(27)26-12-10-25(11-13-26)20-8-4-3-7-19(20)23/h2-9,14H,10-13,15H2,1H3. The van der Waals surface area contributed by atoms with Gasteiger partial charge in [-0.1, -0.05) is 29.4 Å². The monoisotopic (exact) mass is 411 g/mol. The van der Waals surface area contributed by atoms with Gasteiger partial charge in [-0.25, -0.2) is 4.39 Å². The van der Waals surface area contributed by atoms with E-state index in [1.54, 1.807) is 23.9 Å². The number of para-hydroxylation sites is 1. The normalized spacial score (nSPS) is 14.3. The van der Waals surface area contributed by atoms with Gasteiger partial charge in [-0.2, -0.15) is 0 Å². The smallest absolute Gasteiger partial charge is 0.255 e. The Morgan fingerprint density at radius 2 is 1.83 bits per heavy atom. The van der Waals surface area contributed by atoms with Gasteiger partial charge in [-0.3, -0.25) is 4.79 Å². The summed E-state index contributed by atoms with van der Waals surface area (Å²) in [4.78, 5) is 17.9. The van der Waals surface area contributed by atoms with Gasteiger partial charge in [0.05, 0.1) is 22.7 Å². The Morgan fingerprint density at radius 3 is 2.55 bits per heavy atom. The van der Waals surface area contributed by atoms with Gasteiger partial charge in [-0.05, 0) is 31.2 Å². The largest absolute Gasteiger partial charge is 0.366 e. The van der Waals surface area contributed by atoms with Crippen LogP contribution in [0.15, 0.2) is 64.0 Å². The van der Waals surface area contributed by atoms with E-state index in [1.165, 1.54) is 6.07 Å². The molecule has 5 nitrogen and oxygen atoms in total. The van der Waals surface area contributed by atoms with Crippen LogP contribution in [0.2, 0.25) is 0 Å². The first-order valence-corrected chi connectivity index (χ1v) is 10.5. The average Bonchev–Trinajstić information content (AvgIpc) is 3.18. The SMILES string of the molecule is Cc1cc(CSc2ccccc2C(=O)N2CCN(c3ccccc3F)CC2)on1. The predicted octanol–water partition coefficient (Wildman–Crippen LogP) is 4.38. The molecule has 4 rings (SSSR count). The lowest BCUT2D eigenvalue weighted by Gasteiger charge is -2.36. The summed E-state index contributed by atoms with van der Waals surface area (Å²) in [7, 11) is 0. The molecule has 0 N–H and O–H groups in total. The fourth-order valence-electron chi connectivity index (χ4n) is 3.43. The van der Waals surface area contributed by atoms with Crippen LogP contribution in [-0.2, 0) is 5.75 Å². The molecule has 7 heteroatoms. The Balaban J connectivity index is 1.42. The molecule has 0 spiro atoms. The van der Waals surface area contributed by atoms with E-state index in [9.17, 15) is 9.18 Å². The highest BCUT2D eigenvalue weighted by Crippen LogP contribution is 2.28. The van der Waals surface area contributed by atoms with Crippen LogP contribution in [0.25, 0.3) is 0 Å². The molecular weight excluding hydrogens is 389 g/mol. The molecule has 1 aliphatic rings. The molecule has 1 amide bonds. The number of carbonyl (C=O) groups is 1. The number of aromatic nitrogens is 1. The lowest BCUT2D eigenvalue weighted by atomic mass is 10.1. The first-order valence-electron chi connectivity index (χ1n) is 9.54. The fourth-order valence-corrected chi connectivity index (χ4v) is 4.35. The zero-order chi connectivity index (χ0) is 20.2. The van der Waals surface area contributed by atoms with Gasteiger partial charge in [0.1, 0.15) is 11.6 Å². The Labute approximate surface area is 173 Å². The molecule has 0 unspecified atom stereocenters. The maximum atomic E-state index is 14.0. The molecule has 2 heterocycles. The number of aryl methyl sites for hydroxylation is 1. The highest BCUT2D eigenvalue weighted by atomic mass is 32.2. The summed E-state index contributed by atoms with van der Waals surface area (Å²) in [6.07, 6.45) is 0. The van der Waals surface area contributed by atoms with E-state index in [4.69, 9.17) is 4.52 Å². The van der Waals surface area contributed by atoms with Crippen LogP contribution >= 0.6 is 11.8 Å². The molecule has 0 atom stereocenters. The van der Waals surface area contributed by atoms with Crippen molar-refractivity contribution in [3.8, 4) is 0 Å². The van der Waals surface area contributed by atoms with Crippen molar-refractivity contribution in [2.24, 2.45) is 0 Å². The van der Waals surface area contributed by atoms with E-state index >= 15 is 0 Å². The number of amides is 1. The van der Waals surface area contributed by atoms with Crippen LogP contribution in [0, 0.1) is 12.7 Å². The number of carbonyl (C=O) groups excluding carboxylic acids is 1. The molecule has 3 aromatic rings. The summed E-state index contributed by atoms with van der Waals surface area (Å²) in [6, 6.07) is 16.3. The third-order valence-electron chi connectivity index (χ3n) is 4.92. The van der Waals surface area contributed by atoms with Crippen LogP contribution in [0.4, 0.5) is 10.1 Å². The number of rotatable bonds is 5. The number of hydrogen-bond acceptors (Lipinski definition) is 5. The van der Waals surface area contributed by atoms with Crippen molar-refractivity contribution in [2.45, 2.75) is 17.6 Å². The molecule has 29 heavy (non-hydrogen) atoms. The van der Waals surface area contributed by atoms with Crippen LogP contribution in [0.5, 0.6) is 0 Å². The number of piperazine rings is 1. The second-order valence-electron chi connectivity index (χ2n) is 6.95. The van der Waals surface area contributed by atoms with Crippen molar-refractivity contribution in [3.63, 3.8) is 0 Å². The van der Waals surface area contributed by atoms with E-state index < -0.39 is 0 Å². The second-order valence-corrected chi connectivity index (χ2v) is 7.97. The van der Waals surface area contributed by atoms with Crippen molar-refractivity contribution < 1.29 is 13.7 Å². The van der Waals surface area contributed by atoms with E-state index in [0.29, 0.717) is 43.2 Å². The van der Waals surface area contributed by atoms with Crippen LogP contribution in [0.3, 0.4) is 0 Å². The minimum absolute atomic E-state index is 0.00929. The summed E-state index contributed by atoms with van der Waals surface area (Å²) in [5.41, 5.74) is 2.13. The van der Waals surface area contributed by atoms with E-state index in [-0.39, 0.29) is 11.7 Å². The van der Waals surface area contributed by atoms with Crippen molar-refractivity contribution in [2.75, 3.05) is 31.1 Å². The number of halogens is 1. The average molecular weight is 412 g/mol. The highest BCUT2D eigenvalue weighted by molar-refractivity contribution is 7.98. The van der Waals surface area contributed by atoms with Crippen molar-refractivity contribution in [1.82, 2.24) is 10.1 Å². The number of hydrogen-bond donors (Lipinski definition) is 0. The molecule has 0 aliphatic carbocycles. The summed E-state index contributed by atoms with van der Waals surface area (Å²) in [6.45, 7) is 4.23. The summed E-state index contributed by atoms with van der Waals surface area (Å²) < 4.78 is 19.3. The highest BCUT2D eigenvalue weighted by Gasteiger charge is 2.25. The maximum absolute atomic E-state index is 14.0. The van der Waals surface area contributed by atoms with E-state index in [0.717, 1.165) is 16.3 Å². The van der Waals surface area contributed by atoms with Gasteiger partial charge in [0.25, 0.3) is 5.91 Å². The molecule has 0 radical (unpaired) electrons. The fraction of sp³-hybridized carbons (Fsp3) is 0.273. The van der Waals surface area contributed by atoms with Crippen LogP contribution in [0.1, 0.15) is 21.8 Å². The van der Waals surface area contributed by atoms with Gasteiger partial charge < -0.3 is 14.3 Å². The molecule has 0 saturated carbocycles. The third-order valence-corrected chi connectivity index (χ3v) is 6.02. The molecule has 1 saturated heterocycles. The topological polar surface area (TPSA) is 49.6 Å². The lowest BCUT2D eigenvalue weighted by Crippen LogP contribution is -2.49.